The van der Waals surface area contributed by atoms with Gasteiger partial charge in [0.15, 0.2) is 5.82 Å². The van der Waals surface area contributed by atoms with Gasteiger partial charge in [-0.25, -0.2) is 0 Å². The van der Waals surface area contributed by atoms with Crippen LogP contribution in [0.25, 0.3) is 10.8 Å². The van der Waals surface area contributed by atoms with E-state index in [1.807, 2.05) is 26.8 Å². The number of rotatable bonds is 3. The SMILES string of the molecule is Cc1cc(-c2nc(C(N)C(C)C)no2)sc1Br. The molecule has 2 aromatic heterocycles. The molecule has 2 rings (SSSR count). The van der Waals surface area contributed by atoms with Gasteiger partial charge in [0.05, 0.1) is 14.7 Å². The summed E-state index contributed by atoms with van der Waals surface area (Å²) in [5.41, 5.74) is 7.14. The van der Waals surface area contributed by atoms with Crippen LogP contribution < -0.4 is 5.73 Å². The second-order valence-electron chi connectivity index (χ2n) is 4.29. The Balaban J connectivity index is 2.29. The standard InChI is InChI=1S/C11H14BrN3OS/c1-5(2)8(13)10-14-11(16-15-10)7-4-6(3)9(12)17-7/h4-5,8H,13H2,1-3H3. The first-order valence-electron chi connectivity index (χ1n) is 5.34. The third-order valence-electron chi connectivity index (χ3n) is 2.53. The third kappa shape index (κ3) is 2.59. The fraction of sp³-hybridized carbons (Fsp3) is 0.455. The second kappa shape index (κ2) is 4.88. The van der Waals surface area contributed by atoms with Gasteiger partial charge in [-0.15, -0.1) is 11.3 Å². The highest BCUT2D eigenvalue weighted by atomic mass is 79.9. The van der Waals surface area contributed by atoms with Crippen molar-refractivity contribution in [2.45, 2.75) is 26.8 Å². The molecule has 17 heavy (non-hydrogen) atoms. The van der Waals surface area contributed by atoms with Crippen LogP contribution in [-0.2, 0) is 0 Å². The van der Waals surface area contributed by atoms with Crippen LogP contribution in [0.1, 0.15) is 31.3 Å². The van der Waals surface area contributed by atoms with Gasteiger partial charge in [0.25, 0.3) is 5.89 Å². The van der Waals surface area contributed by atoms with Crippen molar-refractivity contribution in [2.75, 3.05) is 0 Å². The topological polar surface area (TPSA) is 64.9 Å². The van der Waals surface area contributed by atoms with Crippen molar-refractivity contribution >= 4 is 27.3 Å². The molecule has 6 heteroatoms. The number of halogens is 1. The van der Waals surface area contributed by atoms with Gasteiger partial charge in [-0.1, -0.05) is 19.0 Å². The van der Waals surface area contributed by atoms with Crippen molar-refractivity contribution in [3.63, 3.8) is 0 Å². The Bertz CT molecular complexity index is 501. The van der Waals surface area contributed by atoms with E-state index in [4.69, 9.17) is 10.3 Å². The fourth-order valence-corrected chi connectivity index (χ4v) is 2.79. The fourth-order valence-electron chi connectivity index (χ4n) is 1.33. The molecule has 1 atom stereocenters. The highest BCUT2D eigenvalue weighted by Crippen LogP contribution is 2.34. The zero-order valence-electron chi connectivity index (χ0n) is 9.90. The second-order valence-corrected chi connectivity index (χ2v) is 6.66. The minimum absolute atomic E-state index is 0.183. The van der Waals surface area contributed by atoms with E-state index in [9.17, 15) is 0 Å². The van der Waals surface area contributed by atoms with Crippen molar-refractivity contribution in [2.24, 2.45) is 11.7 Å². The molecule has 0 fully saturated rings. The lowest BCUT2D eigenvalue weighted by Gasteiger charge is -2.09. The summed E-state index contributed by atoms with van der Waals surface area (Å²) in [7, 11) is 0. The van der Waals surface area contributed by atoms with E-state index in [0.717, 1.165) is 14.2 Å². The number of aryl methyl sites for hydroxylation is 1. The van der Waals surface area contributed by atoms with Gasteiger partial charge in [-0.2, -0.15) is 4.98 Å². The van der Waals surface area contributed by atoms with Gasteiger partial charge in [0.1, 0.15) is 0 Å². The molecule has 0 radical (unpaired) electrons. The lowest BCUT2D eigenvalue weighted by atomic mass is 10.1. The Hall–Kier alpha value is -0.720. The summed E-state index contributed by atoms with van der Waals surface area (Å²) in [6.07, 6.45) is 0. The largest absolute Gasteiger partial charge is 0.333 e. The summed E-state index contributed by atoms with van der Waals surface area (Å²) in [4.78, 5) is 5.31. The van der Waals surface area contributed by atoms with E-state index in [1.165, 1.54) is 0 Å². The Morgan fingerprint density at radius 1 is 1.47 bits per heavy atom. The smallest absolute Gasteiger partial charge is 0.268 e. The van der Waals surface area contributed by atoms with Crippen molar-refractivity contribution in [1.29, 1.82) is 0 Å². The van der Waals surface area contributed by atoms with Crippen molar-refractivity contribution in [3.8, 4) is 10.8 Å². The molecule has 0 saturated carbocycles. The molecular weight excluding hydrogens is 302 g/mol. The molecule has 0 aliphatic heterocycles. The third-order valence-corrected chi connectivity index (χ3v) is 4.65. The van der Waals surface area contributed by atoms with Crippen LogP contribution in [0.15, 0.2) is 14.4 Å². The van der Waals surface area contributed by atoms with Crippen molar-refractivity contribution in [3.05, 3.63) is 21.2 Å². The van der Waals surface area contributed by atoms with Gasteiger partial charge >= 0.3 is 0 Å². The monoisotopic (exact) mass is 315 g/mol. The van der Waals surface area contributed by atoms with E-state index in [0.29, 0.717) is 11.7 Å². The van der Waals surface area contributed by atoms with Gasteiger partial charge in [-0.05, 0) is 40.4 Å². The molecule has 0 aliphatic carbocycles. The van der Waals surface area contributed by atoms with Crippen LogP contribution in [0, 0.1) is 12.8 Å². The average Bonchev–Trinajstić information content (AvgIpc) is 2.85. The van der Waals surface area contributed by atoms with Crippen LogP contribution in [-0.4, -0.2) is 10.1 Å². The number of hydrogen-bond donors (Lipinski definition) is 1. The van der Waals surface area contributed by atoms with Gasteiger partial charge < -0.3 is 10.3 Å². The Morgan fingerprint density at radius 2 is 2.18 bits per heavy atom. The predicted octanol–water partition coefficient (Wildman–Crippen LogP) is 3.52. The predicted molar refractivity (Wildman–Crippen MR) is 71.8 cm³/mol. The van der Waals surface area contributed by atoms with Crippen LogP contribution in [0.4, 0.5) is 0 Å². The first-order chi connectivity index (χ1) is 7.99. The zero-order chi connectivity index (χ0) is 12.6. The summed E-state index contributed by atoms with van der Waals surface area (Å²) < 4.78 is 6.32. The summed E-state index contributed by atoms with van der Waals surface area (Å²) >= 11 is 5.06. The summed E-state index contributed by atoms with van der Waals surface area (Å²) in [6.45, 7) is 6.10. The molecule has 4 nitrogen and oxygen atoms in total. The maximum Gasteiger partial charge on any atom is 0.268 e. The first-order valence-corrected chi connectivity index (χ1v) is 6.95. The highest BCUT2D eigenvalue weighted by Gasteiger charge is 2.19. The number of thiophene rings is 1. The lowest BCUT2D eigenvalue weighted by molar-refractivity contribution is 0.400. The summed E-state index contributed by atoms with van der Waals surface area (Å²) in [5.74, 6) is 1.39. The van der Waals surface area contributed by atoms with Crippen molar-refractivity contribution < 1.29 is 4.52 Å². The first kappa shape index (κ1) is 12.7. The van der Waals surface area contributed by atoms with Gasteiger partial charge in [0, 0.05) is 0 Å². The van der Waals surface area contributed by atoms with E-state index in [1.54, 1.807) is 11.3 Å². The summed E-state index contributed by atoms with van der Waals surface area (Å²) in [5, 5.41) is 3.93. The van der Waals surface area contributed by atoms with Gasteiger partial charge in [-0.3, -0.25) is 0 Å². The molecule has 0 spiro atoms. The normalized spacial score (nSPS) is 13.3. The minimum atomic E-state index is -0.183. The molecule has 0 saturated heterocycles. The summed E-state index contributed by atoms with van der Waals surface area (Å²) in [6, 6.07) is 1.84. The average molecular weight is 316 g/mol. The maximum absolute atomic E-state index is 5.97. The molecule has 0 aliphatic rings. The molecule has 92 valence electrons. The molecule has 2 aromatic rings. The molecular formula is C11H14BrN3OS. The van der Waals surface area contributed by atoms with Gasteiger partial charge in [0.2, 0.25) is 0 Å². The van der Waals surface area contributed by atoms with Crippen LogP contribution in [0.5, 0.6) is 0 Å². The number of nitrogens with two attached hydrogens (primary N) is 1. The van der Waals surface area contributed by atoms with Crippen LogP contribution in [0.3, 0.4) is 0 Å². The Labute approximate surface area is 112 Å². The molecule has 2 heterocycles. The Kier molecular flexibility index (Phi) is 3.65. The van der Waals surface area contributed by atoms with Crippen LogP contribution >= 0.6 is 27.3 Å². The minimum Gasteiger partial charge on any atom is -0.333 e. The van der Waals surface area contributed by atoms with E-state index < -0.39 is 0 Å². The molecule has 2 N–H and O–H groups in total. The molecule has 0 bridgehead atoms. The van der Waals surface area contributed by atoms with Crippen LogP contribution in [0.2, 0.25) is 0 Å². The number of nitrogens with zero attached hydrogens (tertiary/aromatic N) is 2. The molecule has 0 amide bonds. The zero-order valence-corrected chi connectivity index (χ0v) is 12.3. The number of aromatic nitrogens is 2. The molecule has 1 unspecified atom stereocenters. The van der Waals surface area contributed by atoms with E-state index in [2.05, 4.69) is 26.1 Å². The maximum atomic E-state index is 5.97. The van der Waals surface area contributed by atoms with E-state index in [-0.39, 0.29) is 12.0 Å². The highest BCUT2D eigenvalue weighted by molar-refractivity contribution is 9.11. The molecule has 0 aromatic carbocycles. The lowest BCUT2D eigenvalue weighted by Crippen LogP contribution is -2.18. The van der Waals surface area contributed by atoms with Crippen molar-refractivity contribution in [1.82, 2.24) is 10.1 Å². The number of hydrogen-bond acceptors (Lipinski definition) is 5. The quantitative estimate of drug-likeness (QED) is 0.941. The Morgan fingerprint density at radius 3 is 2.71 bits per heavy atom. The van der Waals surface area contributed by atoms with E-state index >= 15 is 0 Å².